The number of thioether (sulfide) groups is 1. The van der Waals surface area contributed by atoms with Gasteiger partial charge in [0.2, 0.25) is 0 Å². The van der Waals surface area contributed by atoms with E-state index in [0.717, 1.165) is 12.3 Å². The van der Waals surface area contributed by atoms with Crippen LogP contribution < -0.4 is 22.0 Å². The topological polar surface area (TPSA) is 13.7 Å². The maximum absolute atomic E-state index is 12.6. The highest BCUT2D eigenvalue weighted by Crippen LogP contribution is 2.41. The number of hydrogen-bond acceptors (Lipinski definition) is 2. The van der Waals surface area contributed by atoms with Crippen molar-refractivity contribution >= 4 is 17.4 Å². The summed E-state index contributed by atoms with van der Waals surface area (Å²) in [7, 11) is 1.67. The second kappa shape index (κ2) is 7.86. The van der Waals surface area contributed by atoms with Crippen LogP contribution in [0.5, 0.6) is 5.75 Å². The highest BCUT2D eigenvalue weighted by molar-refractivity contribution is 7.99. The quantitative estimate of drug-likeness (QED) is 0.846. The molecule has 3 rings (SSSR count). The number of fused-ring (bicyclic) bond motifs is 1. The van der Waals surface area contributed by atoms with Gasteiger partial charge in [-0.15, -0.1) is 0 Å². The molecule has 0 aliphatic carbocycles. The number of rotatable bonds is 5. The van der Waals surface area contributed by atoms with Crippen LogP contribution in [0.25, 0.3) is 0 Å². The van der Waals surface area contributed by atoms with Gasteiger partial charge in [-0.1, -0.05) is 23.9 Å². The second-order valence-corrected chi connectivity index (χ2v) is 6.23. The van der Waals surface area contributed by atoms with Crippen molar-refractivity contribution in [2.24, 2.45) is 0 Å². The summed E-state index contributed by atoms with van der Waals surface area (Å²) in [6.45, 7) is 0.558. The minimum atomic E-state index is -0.258. The van der Waals surface area contributed by atoms with E-state index in [1.807, 2.05) is 23.9 Å². The van der Waals surface area contributed by atoms with Crippen molar-refractivity contribution in [3.8, 4) is 5.75 Å². The van der Waals surface area contributed by atoms with E-state index in [1.54, 1.807) is 7.11 Å². The van der Waals surface area contributed by atoms with Crippen molar-refractivity contribution in [3.63, 3.8) is 0 Å². The smallest absolute Gasteiger partial charge is 0.169 e. The average Bonchev–Trinajstić information content (AvgIpc) is 2.91. The monoisotopic (exact) mass is 339 g/mol. The number of benzene rings is 2. The van der Waals surface area contributed by atoms with E-state index < -0.39 is 0 Å². The lowest BCUT2D eigenvalue weighted by Crippen LogP contribution is -3.05. The van der Waals surface area contributed by atoms with Gasteiger partial charge in [0.15, 0.2) is 5.37 Å². The average molecular weight is 340 g/mol. The van der Waals surface area contributed by atoms with Crippen LogP contribution in [0.1, 0.15) is 17.4 Å². The molecule has 118 valence electrons. The Kier molecular flexibility index (Phi) is 6.12. The summed E-state index contributed by atoms with van der Waals surface area (Å²) in [6.07, 6.45) is 0.594. The third-order valence-corrected chi connectivity index (χ3v) is 5.19. The third kappa shape index (κ3) is 3.40. The summed E-state index contributed by atoms with van der Waals surface area (Å²) < 4.78 is 17.8. The number of ether oxygens (including phenoxy) is 1. The number of quaternary nitrogens is 1. The number of para-hydroxylation sites is 1. The highest BCUT2D eigenvalue weighted by Gasteiger charge is 2.36. The van der Waals surface area contributed by atoms with Gasteiger partial charge in [-0.05, 0) is 30.3 Å². The molecule has 1 aliphatic rings. The Morgan fingerprint density at radius 1 is 1.14 bits per heavy atom. The molecule has 2 atom stereocenters. The van der Waals surface area contributed by atoms with Crippen LogP contribution in [0.15, 0.2) is 53.4 Å². The van der Waals surface area contributed by atoms with Gasteiger partial charge in [-0.2, -0.15) is 0 Å². The molecule has 0 bridgehead atoms. The standard InChI is InChI=1S/C17H18FNOS.ClH/c1-20-14-9-7-13(8-10-14)17-19(12-4-11-18)15-5-2-3-6-16(15)21-17;/h2-3,5-10,17H,4,11-12H2,1H3;1H. The number of alkyl halides is 1. The molecule has 0 fully saturated rings. The SMILES string of the molecule is COc1ccc(C2Sc3ccccc3[NH+]2CCCF)cc1.[Cl-]. The largest absolute Gasteiger partial charge is 1.00 e. The fraction of sp³-hybridized carbons (Fsp3) is 0.294. The van der Waals surface area contributed by atoms with Crippen LogP contribution in [0.4, 0.5) is 10.1 Å². The molecule has 0 amide bonds. The van der Waals surface area contributed by atoms with E-state index in [1.165, 1.54) is 21.0 Å². The minimum absolute atomic E-state index is 0. The van der Waals surface area contributed by atoms with E-state index in [9.17, 15) is 4.39 Å². The third-order valence-electron chi connectivity index (χ3n) is 3.79. The molecule has 0 saturated carbocycles. The molecule has 5 heteroatoms. The molecule has 1 aliphatic heterocycles. The maximum Gasteiger partial charge on any atom is 0.169 e. The van der Waals surface area contributed by atoms with E-state index in [-0.39, 0.29) is 19.1 Å². The summed E-state index contributed by atoms with van der Waals surface area (Å²) in [4.78, 5) is 2.64. The minimum Gasteiger partial charge on any atom is -1.00 e. The van der Waals surface area contributed by atoms with Crippen molar-refractivity contribution in [1.29, 1.82) is 0 Å². The predicted octanol–water partition coefficient (Wildman–Crippen LogP) is 0.380. The van der Waals surface area contributed by atoms with Crippen LogP contribution in [-0.4, -0.2) is 20.3 Å². The van der Waals surface area contributed by atoms with Crippen LogP contribution in [0, 0.1) is 0 Å². The Morgan fingerprint density at radius 3 is 2.55 bits per heavy atom. The zero-order valence-corrected chi connectivity index (χ0v) is 14.0. The summed E-state index contributed by atoms with van der Waals surface area (Å²) in [5.41, 5.74) is 2.54. The van der Waals surface area contributed by atoms with Crippen molar-refractivity contribution in [2.45, 2.75) is 16.7 Å². The zero-order valence-electron chi connectivity index (χ0n) is 12.4. The first-order valence-corrected chi connectivity index (χ1v) is 8.03. The zero-order chi connectivity index (χ0) is 14.7. The van der Waals surface area contributed by atoms with Crippen LogP contribution in [-0.2, 0) is 0 Å². The Morgan fingerprint density at radius 2 is 1.86 bits per heavy atom. The van der Waals surface area contributed by atoms with Crippen molar-refractivity contribution < 1.29 is 26.4 Å². The van der Waals surface area contributed by atoms with Crippen molar-refractivity contribution in [1.82, 2.24) is 0 Å². The fourth-order valence-corrected chi connectivity index (χ4v) is 4.16. The first-order chi connectivity index (χ1) is 10.3. The first-order valence-electron chi connectivity index (χ1n) is 7.15. The van der Waals surface area contributed by atoms with Crippen molar-refractivity contribution in [2.75, 3.05) is 20.3 Å². The Bertz CT molecular complexity index is 608. The number of halogens is 2. The maximum atomic E-state index is 12.6. The molecule has 1 heterocycles. The summed E-state index contributed by atoms with van der Waals surface area (Å²) in [5, 5.41) is 0.292. The van der Waals surface area contributed by atoms with Gasteiger partial charge in [-0.3, -0.25) is 9.29 Å². The van der Waals surface area contributed by atoms with Gasteiger partial charge >= 0.3 is 0 Å². The summed E-state index contributed by atoms with van der Waals surface area (Å²) in [6, 6.07) is 16.6. The van der Waals surface area contributed by atoms with E-state index in [4.69, 9.17) is 4.74 Å². The van der Waals surface area contributed by atoms with Gasteiger partial charge in [-0.25, -0.2) is 0 Å². The molecule has 0 radical (unpaired) electrons. The molecular formula is C17H19ClFNOS. The van der Waals surface area contributed by atoms with E-state index in [2.05, 4.69) is 36.4 Å². The van der Waals surface area contributed by atoms with Gasteiger partial charge in [0.05, 0.1) is 25.2 Å². The van der Waals surface area contributed by atoms with Crippen LogP contribution in [0.3, 0.4) is 0 Å². The second-order valence-electron chi connectivity index (χ2n) is 5.08. The van der Waals surface area contributed by atoms with Gasteiger partial charge < -0.3 is 17.1 Å². The lowest BCUT2D eigenvalue weighted by atomic mass is 10.1. The van der Waals surface area contributed by atoms with E-state index in [0.29, 0.717) is 11.8 Å². The molecular weight excluding hydrogens is 321 g/mol. The van der Waals surface area contributed by atoms with Gasteiger partial charge in [0, 0.05) is 18.1 Å². The summed E-state index contributed by atoms with van der Waals surface area (Å²) in [5.74, 6) is 0.865. The summed E-state index contributed by atoms with van der Waals surface area (Å²) >= 11 is 1.86. The highest BCUT2D eigenvalue weighted by atomic mass is 35.5. The van der Waals surface area contributed by atoms with Crippen molar-refractivity contribution in [3.05, 3.63) is 54.1 Å². The Labute approximate surface area is 141 Å². The van der Waals surface area contributed by atoms with E-state index >= 15 is 0 Å². The molecule has 2 aromatic rings. The number of methoxy groups -OCH3 is 1. The van der Waals surface area contributed by atoms with Crippen LogP contribution >= 0.6 is 11.8 Å². The Hall–Kier alpha value is -1.23. The molecule has 1 N–H and O–H groups in total. The van der Waals surface area contributed by atoms with Gasteiger partial charge in [0.1, 0.15) is 11.4 Å². The molecule has 2 unspecified atom stereocenters. The Balaban J connectivity index is 0.00000176. The number of nitrogens with one attached hydrogen (secondary N) is 1. The number of hydrogen-bond donors (Lipinski definition) is 1. The van der Waals surface area contributed by atoms with Crippen LogP contribution in [0.2, 0.25) is 0 Å². The normalized spacial score (nSPS) is 19.4. The molecule has 22 heavy (non-hydrogen) atoms. The fourth-order valence-electron chi connectivity index (χ4n) is 2.74. The molecule has 2 nitrogen and oxygen atoms in total. The lowest BCUT2D eigenvalue weighted by Gasteiger charge is -2.21. The lowest BCUT2D eigenvalue weighted by molar-refractivity contribution is -0.848. The molecule has 0 spiro atoms. The predicted molar refractivity (Wildman–Crippen MR) is 84.1 cm³/mol. The van der Waals surface area contributed by atoms with Gasteiger partial charge in [0.25, 0.3) is 0 Å². The molecule has 2 aromatic carbocycles. The molecule has 0 saturated heterocycles. The molecule has 0 aromatic heterocycles. The first kappa shape index (κ1) is 17.1.